The molecule has 0 aliphatic carbocycles. The molecule has 2 N–H and O–H groups in total. The fraction of sp³-hybridized carbons (Fsp3) is 0.200. The van der Waals surface area contributed by atoms with Crippen LogP contribution in [0.5, 0.6) is 0 Å². The minimum atomic E-state index is -0.549. The molecule has 0 spiro atoms. The predicted molar refractivity (Wildman–Crippen MR) is 130 cm³/mol. The van der Waals surface area contributed by atoms with Crippen molar-refractivity contribution in [3.63, 3.8) is 0 Å². The van der Waals surface area contributed by atoms with Gasteiger partial charge in [-0.05, 0) is 48.9 Å². The Hall–Kier alpha value is -4.24. The van der Waals surface area contributed by atoms with Crippen LogP contribution in [0.25, 0.3) is 0 Å². The summed E-state index contributed by atoms with van der Waals surface area (Å²) >= 11 is 0. The summed E-state index contributed by atoms with van der Waals surface area (Å²) in [6, 6.07) is 18.1. The van der Waals surface area contributed by atoms with Gasteiger partial charge in [0.25, 0.3) is 17.5 Å². The van der Waals surface area contributed by atoms with Gasteiger partial charge in [-0.15, -0.1) is 0 Å². The Bertz CT molecular complexity index is 1240. The Labute approximate surface area is 196 Å². The highest BCUT2D eigenvalue weighted by atomic mass is 16.6. The Morgan fingerprint density at radius 1 is 0.912 bits per heavy atom. The van der Waals surface area contributed by atoms with E-state index in [0.29, 0.717) is 30.2 Å². The van der Waals surface area contributed by atoms with Crippen molar-refractivity contribution in [2.75, 3.05) is 41.8 Å². The van der Waals surface area contributed by atoms with E-state index >= 15 is 0 Å². The molecular weight excluding hydrogens is 436 g/mol. The average Bonchev–Trinajstić information content (AvgIpc) is 2.86. The second-order valence-corrected chi connectivity index (χ2v) is 7.90. The number of ether oxygens (including phenoxy) is 1. The number of hydrogen-bond acceptors (Lipinski definition) is 6. The number of morpholine rings is 1. The van der Waals surface area contributed by atoms with Crippen molar-refractivity contribution >= 4 is 34.6 Å². The molecule has 3 aromatic carbocycles. The van der Waals surface area contributed by atoms with Gasteiger partial charge in [-0.3, -0.25) is 19.7 Å². The zero-order valence-corrected chi connectivity index (χ0v) is 18.6. The molecular formula is C25H24N4O5. The van der Waals surface area contributed by atoms with Crippen LogP contribution < -0.4 is 15.5 Å². The van der Waals surface area contributed by atoms with Crippen LogP contribution >= 0.6 is 0 Å². The van der Waals surface area contributed by atoms with Crippen molar-refractivity contribution in [2.45, 2.75) is 6.92 Å². The number of carbonyl (C=O) groups is 2. The van der Waals surface area contributed by atoms with Crippen molar-refractivity contribution in [1.82, 2.24) is 0 Å². The summed E-state index contributed by atoms with van der Waals surface area (Å²) in [5.74, 6) is -0.747. The molecule has 0 bridgehead atoms. The second kappa shape index (κ2) is 10.1. The molecule has 0 radical (unpaired) electrons. The van der Waals surface area contributed by atoms with Crippen molar-refractivity contribution in [2.24, 2.45) is 0 Å². The SMILES string of the molecule is Cc1ccc(NC(=O)c2cccc(N3CCOCC3)c2)cc1NC(=O)c1cccc([N+](=O)[O-])c1. The molecule has 2 amide bonds. The Balaban J connectivity index is 1.48. The Morgan fingerprint density at radius 3 is 2.32 bits per heavy atom. The van der Waals surface area contributed by atoms with E-state index in [9.17, 15) is 19.7 Å². The Kier molecular flexibility index (Phi) is 6.84. The van der Waals surface area contributed by atoms with Gasteiger partial charge >= 0.3 is 0 Å². The maximum atomic E-state index is 12.9. The van der Waals surface area contributed by atoms with Gasteiger partial charge < -0.3 is 20.3 Å². The molecule has 34 heavy (non-hydrogen) atoms. The number of nitrogens with one attached hydrogen (secondary N) is 2. The highest BCUT2D eigenvalue weighted by molar-refractivity contribution is 6.07. The van der Waals surface area contributed by atoms with Crippen molar-refractivity contribution in [1.29, 1.82) is 0 Å². The summed E-state index contributed by atoms with van der Waals surface area (Å²) in [6.45, 7) is 4.68. The third kappa shape index (κ3) is 5.38. The zero-order valence-electron chi connectivity index (χ0n) is 18.6. The summed E-state index contributed by atoms with van der Waals surface area (Å²) in [5, 5.41) is 16.6. The standard InChI is InChI=1S/C25H24N4O5/c1-17-8-9-20(16-23(17)27-25(31)19-5-3-7-22(15-19)29(32)33)26-24(30)18-4-2-6-21(14-18)28-10-12-34-13-11-28/h2-9,14-16H,10-13H2,1H3,(H,26,30)(H,27,31). The first-order chi connectivity index (χ1) is 16.4. The summed E-state index contributed by atoms with van der Waals surface area (Å²) in [6.07, 6.45) is 0. The van der Waals surface area contributed by atoms with Gasteiger partial charge in [0, 0.05) is 53.4 Å². The quantitative estimate of drug-likeness (QED) is 0.420. The molecule has 1 heterocycles. The van der Waals surface area contributed by atoms with E-state index in [0.717, 1.165) is 24.3 Å². The summed E-state index contributed by atoms with van der Waals surface area (Å²) in [5.41, 5.74) is 3.29. The topological polar surface area (TPSA) is 114 Å². The number of non-ortho nitro benzene ring substituents is 1. The number of benzene rings is 3. The third-order valence-corrected chi connectivity index (χ3v) is 5.55. The number of hydrogen-bond donors (Lipinski definition) is 2. The average molecular weight is 460 g/mol. The zero-order chi connectivity index (χ0) is 24.1. The van der Waals surface area contributed by atoms with E-state index in [1.165, 1.54) is 24.3 Å². The Morgan fingerprint density at radius 2 is 1.59 bits per heavy atom. The summed E-state index contributed by atoms with van der Waals surface area (Å²) in [4.78, 5) is 38.1. The van der Waals surface area contributed by atoms with Crippen LogP contribution in [0.2, 0.25) is 0 Å². The number of nitrogens with zero attached hydrogens (tertiary/aromatic N) is 2. The minimum absolute atomic E-state index is 0.162. The first-order valence-electron chi connectivity index (χ1n) is 10.8. The normalized spacial score (nSPS) is 13.3. The van der Waals surface area contributed by atoms with Crippen LogP contribution in [-0.4, -0.2) is 43.0 Å². The molecule has 0 saturated carbocycles. The number of anilines is 3. The molecule has 9 heteroatoms. The first kappa shape index (κ1) is 22.9. The minimum Gasteiger partial charge on any atom is -0.378 e. The van der Waals surface area contributed by atoms with E-state index in [1.807, 2.05) is 25.1 Å². The van der Waals surface area contributed by atoms with Gasteiger partial charge in [0.15, 0.2) is 0 Å². The van der Waals surface area contributed by atoms with Gasteiger partial charge in [-0.25, -0.2) is 0 Å². The molecule has 1 saturated heterocycles. The van der Waals surface area contributed by atoms with E-state index < -0.39 is 10.8 Å². The number of nitro benzene ring substituents is 1. The van der Waals surface area contributed by atoms with Crippen LogP contribution in [0, 0.1) is 17.0 Å². The number of rotatable bonds is 6. The lowest BCUT2D eigenvalue weighted by Crippen LogP contribution is -2.36. The molecule has 9 nitrogen and oxygen atoms in total. The van der Waals surface area contributed by atoms with E-state index in [4.69, 9.17) is 4.74 Å². The lowest BCUT2D eigenvalue weighted by Gasteiger charge is -2.29. The molecule has 0 aromatic heterocycles. The maximum absolute atomic E-state index is 12.9. The summed E-state index contributed by atoms with van der Waals surface area (Å²) in [7, 11) is 0. The number of carbonyl (C=O) groups excluding carboxylic acids is 2. The van der Waals surface area contributed by atoms with Gasteiger partial charge in [0.05, 0.1) is 18.1 Å². The summed E-state index contributed by atoms with van der Waals surface area (Å²) < 4.78 is 5.39. The lowest BCUT2D eigenvalue weighted by molar-refractivity contribution is -0.384. The van der Waals surface area contributed by atoms with Gasteiger partial charge in [-0.1, -0.05) is 18.2 Å². The van der Waals surface area contributed by atoms with Gasteiger partial charge in [0.2, 0.25) is 0 Å². The van der Waals surface area contributed by atoms with Crippen molar-refractivity contribution < 1.29 is 19.2 Å². The third-order valence-electron chi connectivity index (χ3n) is 5.55. The first-order valence-corrected chi connectivity index (χ1v) is 10.8. The number of aryl methyl sites for hydroxylation is 1. The maximum Gasteiger partial charge on any atom is 0.270 e. The smallest absolute Gasteiger partial charge is 0.270 e. The molecule has 1 aliphatic heterocycles. The lowest BCUT2D eigenvalue weighted by atomic mass is 10.1. The molecule has 1 aliphatic rings. The highest BCUT2D eigenvalue weighted by Crippen LogP contribution is 2.23. The van der Waals surface area contributed by atoms with E-state index in [-0.39, 0.29) is 17.2 Å². The molecule has 0 unspecified atom stereocenters. The molecule has 0 atom stereocenters. The van der Waals surface area contributed by atoms with Crippen molar-refractivity contribution in [3.05, 3.63) is 93.5 Å². The molecule has 4 rings (SSSR count). The fourth-order valence-corrected chi connectivity index (χ4v) is 3.66. The predicted octanol–water partition coefficient (Wildman–Crippen LogP) is 4.24. The van der Waals surface area contributed by atoms with Crippen molar-refractivity contribution in [3.8, 4) is 0 Å². The second-order valence-electron chi connectivity index (χ2n) is 7.90. The largest absolute Gasteiger partial charge is 0.378 e. The number of amides is 2. The fourth-order valence-electron chi connectivity index (χ4n) is 3.66. The van der Waals surface area contributed by atoms with Crippen LogP contribution in [0.1, 0.15) is 26.3 Å². The molecule has 1 fully saturated rings. The van der Waals surface area contributed by atoms with E-state index in [2.05, 4.69) is 15.5 Å². The van der Waals surface area contributed by atoms with Gasteiger partial charge in [0.1, 0.15) is 0 Å². The highest BCUT2D eigenvalue weighted by Gasteiger charge is 2.15. The van der Waals surface area contributed by atoms with Gasteiger partial charge in [-0.2, -0.15) is 0 Å². The molecule has 174 valence electrons. The van der Waals surface area contributed by atoms with Crippen LogP contribution in [0.4, 0.5) is 22.7 Å². The van der Waals surface area contributed by atoms with Crippen LogP contribution in [-0.2, 0) is 4.74 Å². The molecule has 3 aromatic rings. The monoisotopic (exact) mass is 460 g/mol. The number of nitro groups is 1. The van der Waals surface area contributed by atoms with Crippen LogP contribution in [0.15, 0.2) is 66.7 Å². The van der Waals surface area contributed by atoms with Crippen LogP contribution in [0.3, 0.4) is 0 Å². The van der Waals surface area contributed by atoms with E-state index in [1.54, 1.807) is 24.3 Å².